The van der Waals surface area contributed by atoms with E-state index in [0.717, 1.165) is 11.6 Å². The summed E-state index contributed by atoms with van der Waals surface area (Å²) in [5, 5.41) is 3.19. The Morgan fingerprint density at radius 2 is 1.75 bits per heavy atom. The molecule has 0 bridgehead atoms. The highest BCUT2D eigenvalue weighted by Gasteiger charge is 2.16. The second-order valence-corrected chi connectivity index (χ2v) is 5.05. The predicted octanol–water partition coefficient (Wildman–Crippen LogP) is 4.08. The maximum absolute atomic E-state index is 13.8. The van der Waals surface area contributed by atoms with Gasteiger partial charge in [-0.15, -0.1) is 0 Å². The highest BCUT2D eigenvalue weighted by molar-refractivity contribution is 5.36. The van der Waals surface area contributed by atoms with Crippen LogP contribution < -0.4 is 5.32 Å². The Morgan fingerprint density at radius 1 is 1.05 bits per heavy atom. The number of hydrogen-bond acceptors (Lipinski definition) is 1. The van der Waals surface area contributed by atoms with Gasteiger partial charge in [-0.2, -0.15) is 0 Å². The van der Waals surface area contributed by atoms with E-state index in [4.69, 9.17) is 0 Å². The summed E-state index contributed by atoms with van der Waals surface area (Å²) in [6.45, 7) is 4.10. The SMILES string of the molecule is CNC(Cc1cccc(F)c1F)c1cccc(C)c1C. The molecule has 0 heterocycles. The van der Waals surface area contributed by atoms with Crippen LogP contribution in [0.1, 0.15) is 28.3 Å². The topological polar surface area (TPSA) is 12.0 Å². The van der Waals surface area contributed by atoms with Crippen LogP contribution in [-0.4, -0.2) is 7.05 Å². The van der Waals surface area contributed by atoms with Crippen molar-refractivity contribution in [3.05, 3.63) is 70.3 Å². The van der Waals surface area contributed by atoms with E-state index >= 15 is 0 Å². The van der Waals surface area contributed by atoms with Crippen molar-refractivity contribution in [1.29, 1.82) is 0 Å². The van der Waals surface area contributed by atoms with Crippen molar-refractivity contribution in [1.82, 2.24) is 5.32 Å². The molecule has 0 radical (unpaired) electrons. The molecule has 1 unspecified atom stereocenters. The predicted molar refractivity (Wildman–Crippen MR) is 77.8 cm³/mol. The lowest BCUT2D eigenvalue weighted by Crippen LogP contribution is -2.20. The second kappa shape index (κ2) is 6.14. The van der Waals surface area contributed by atoms with Crippen LogP contribution in [0.4, 0.5) is 8.78 Å². The molecular formula is C17H19F2N. The molecule has 0 saturated carbocycles. The lowest BCUT2D eigenvalue weighted by molar-refractivity contribution is 0.486. The molecule has 2 rings (SSSR count). The van der Waals surface area contributed by atoms with E-state index in [0.29, 0.717) is 12.0 Å². The maximum Gasteiger partial charge on any atom is 0.162 e. The number of likely N-dealkylation sites (N-methyl/N-ethyl adjacent to an activating group) is 1. The quantitative estimate of drug-likeness (QED) is 0.886. The Kier molecular flexibility index (Phi) is 4.50. The van der Waals surface area contributed by atoms with E-state index in [1.807, 2.05) is 32.2 Å². The van der Waals surface area contributed by atoms with Crippen molar-refractivity contribution in [2.45, 2.75) is 26.3 Å². The first kappa shape index (κ1) is 14.7. The molecule has 0 amide bonds. The largest absolute Gasteiger partial charge is 0.313 e. The molecule has 3 heteroatoms. The summed E-state index contributed by atoms with van der Waals surface area (Å²) >= 11 is 0. The molecule has 0 spiro atoms. The zero-order chi connectivity index (χ0) is 14.7. The summed E-state index contributed by atoms with van der Waals surface area (Å²) in [6, 6.07) is 10.4. The molecule has 1 atom stereocenters. The second-order valence-electron chi connectivity index (χ2n) is 5.05. The van der Waals surface area contributed by atoms with Gasteiger partial charge in [0.2, 0.25) is 0 Å². The summed E-state index contributed by atoms with van der Waals surface area (Å²) in [5.74, 6) is -1.55. The molecule has 0 saturated heterocycles. The van der Waals surface area contributed by atoms with Crippen molar-refractivity contribution < 1.29 is 8.78 Å². The monoisotopic (exact) mass is 275 g/mol. The van der Waals surface area contributed by atoms with E-state index in [1.165, 1.54) is 11.1 Å². The van der Waals surface area contributed by atoms with E-state index < -0.39 is 11.6 Å². The molecule has 0 aliphatic rings. The number of nitrogens with one attached hydrogen (secondary N) is 1. The van der Waals surface area contributed by atoms with Crippen molar-refractivity contribution in [3.63, 3.8) is 0 Å². The number of aryl methyl sites for hydroxylation is 1. The summed E-state index contributed by atoms with van der Waals surface area (Å²) in [6.07, 6.45) is 0.421. The molecule has 2 aromatic carbocycles. The van der Waals surface area contributed by atoms with Crippen LogP contribution in [0.2, 0.25) is 0 Å². The van der Waals surface area contributed by atoms with Crippen LogP contribution >= 0.6 is 0 Å². The standard InChI is InChI=1S/C17H19F2N/c1-11-6-4-8-14(12(11)2)16(20-3)10-13-7-5-9-15(18)17(13)19/h4-9,16,20H,10H2,1-3H3. The smallest absolute Gasteiger partial charge is 0.162 e. The van der Waals surface area contributed by atoms with Gasteiger partial charge < -0.3 is 5.32 Å². The van der Waals surface area contributed by atoms with E-state index in [-0.39, 0.29) is 6.04 Å². The molecule has 0 aliphatic heterocycles. The molecule has 20 heavy (non-hydrogen) atoms. The Hall–Kier alpha value is -1.74. The van der Waals surface area contributed by atoms with Crippen molar-refractivity contribution in [2.75, 3.05) is 7.05 Å². The molecular weight excluding hydrogens is 256 g/mol. The lowest BCUT2D eigenvalue weighted by atomic mass is 9.93. The first-order valence-electron chi connectivity index (χ1n) is 6.71. The van der Waals surface area contributed by atoms with Crippen molar-refractivity contribution in [2.24, 2.45) is 0 Å². The van der Waals surface area contributed by atoms with Gasteiger partial charge in [-0.25, -0.2) is 8.78 Å². The molecule has 0 aliphatic carbocycles. The minimum Gasteiger partial charge on any atom is -0.313 e. The third-order valence-corrected chi connectivity index (χ3v) is 3.83. The molecule has 0 fully saturated rings. The number of rotatable bonds is 4. The Morgan fingerprint density at radius 3 is 2.45 bits per heavy atom. The maximum atomic E-state index is 13.8. The van der Waals surface area contributed by atoms with E-state index in [2.05, 4.69) is 12.2 Å². The summed E-state index contributed by atoms with van der Waals surface area (Å²) in [7, 11) is 1.84. The van der Waals surface area contributed by atoms with Gasteiger partial charge in [-0.1, -0.05) is 30.3 Å². The number of halogens is 2. The summed E-state index contributed by atoms with van der Waals surface area (Å²) < 4.78 is 27.1. The Balaban J connectivity index is 2.34. The zero-order valence-corrected chi connectivity index (χ0v) is 12.0. The first-order chi connectivity index (χ1) is 9.54. The van der Waals surface area contributed by atoms with Crippen LogP contribution in [0.3, 0.4) is 0 Å². The van der Waals surface area contributed by atoms with Crippen LogP contribution in [0.25, 0.3) is 0 Å². The van der Waals surface area contributed by atoms with Crippen LogP contribution in [0, 0.1) is 25.5 Å². The lowest BCUT2D eigenvalue weighted by Gasteiger charge is -2.20. The fraction of sp³-hybridized carbons (Fsp3) is 0.294. The summed E-state index contributed by atoms with van der Waals surface area (Å²) in [4.78, 5) is 0. The fourth-order valence-electron chi connectivity index (χ4n) is 2.44. The number of benzene rings is 2. The van der Waals surface area contributed by atoms with Gasteiger partial charge in [0, 0.05) is 6.04 Å². The summed E-state index contributed by atoms with van der Waals surface area (Å²) in [5.41, 5.74) is 3.90. The highest BCUT2D eigenvalue weighted by Crippen LogP contribution is 2.25. The van der Waals surface area contributed by atoms with Gasteiger partial charge in [-0.05, 0) is 55.6 Å². The molecule has 1 N–H and O–H groups in total. The normalized spacial score (nSPS) is 12.4. The van der Waals surface area contributed by atoms with Crippen molar-refractivity contribution >= 4 is 0 Å². The minimum absolute atomic E-state index is 0.0359. The van der Waals surface area contributed by atoms with Gasteiger partial charge in [-0.3, -0.25) is 0 Å². The van der Waals surface area contributed by atoms with E-state index in [9.17, 15) is 8.78 Å². The van der Waals surface area contributed by atoms with Gasteiger partial charge in [0.1, 0.15) is 0 Å². The first-order valence-corrected chi connectivity index (χ1v) is 6.71. The van der Waals surface area contributed by atoms with Gasteiger partial charge in [0.25, 0.3) is 0 Å². The van der Waals surface area contributed by atoms with Gasteiger partial charge >= 0.3 is 0 Å². The van der Waals surface area contributed by atoms with E-state index in [1.54, 1.807) is 12.1 Å². The minimum atomic E-state index is -0.793. The molecule has 0 aromatic heterocycles. The molecule has 106 valence electrons. The Bertz CT molecular complexity index is 608. The van der Waals surface area contributed by atoms with Crippen molar-refractivity contribution in [3.8, 4) is 0 Å². The fourth-order valence-corrected chi connectivity index (χ4v) is 2.44. The third kappa shape index (κ3) is 2.88. The number of hydrogen-bond donors (Lipinski definition) is 1. The Labute approximate surface area is 118 Å². The van der Waals surface area contributed by atoms with Crippen LogP contribution in [-0.2, 0) is 6.42 Å². The molecule has 1 nitrogen and oxygen atoms in total. The van der Waals surface area contributed by atoms with Crippen LogP contribution in [0.15, 0.2) is 36.4 Å². The molecule has 2 aromatic rings. The zero-order valence-electron chi connectivity index (χ0n) is 12.0. The van der Waals surface area contributed by atoms with Gasteiger partial charge in [0.05, 0.1) is 0 Å². The average molecular weight is 275 g/mol. The average Bonchev–Trinajstić information content (AvgIpc) is 2.44. The highest BCUT2D eigenvalue weighted by atomic mass is 19.2. The van der Waals surface area contributed by atoms with Crippen LogP contribution in [0.5, 0.6) is 0 Å². The third-order valence-electron chi connectivity index (χ3n) is 3.83. The van der Waals surface area contributed by atoms with Gasteiger partial charge in [0.15, 0.2) is 11.6 Å².